The van der Waals surface area contributed by atoms with Crippen molar-refractivity contribution in [2.75, 3.05) is 23.3 Å². The minimum Gasteiger partial charge on any atom is -0.365 e. The van der Waals surface area contributed by atoms with Crippen LogP contribution in [0.4, 0.5) is 17.5 Å². The molecule has 3 heterocycles. The molecule has 0 saturated carbocycles. The third-order valence-corrected chi connectivity index (χ3v) is 5.75. The lowest BCUT2D eigenvalue weighted by atomic mass is 10.0. The van der Waals surface area contributed by atoms with E-state index in [-0.39, 0.29) is 23.1 Å². The summed E-state index contributed by atoms with van der Waals surface area (Å²) in [5.74, 6) is 0.137. The van der Waals surface area contributed by atoms with E-state index < -0.39 is 5.91 Å². The van der Waals surface area contributed by atoms with Crippen LogP contribution < -0.4 is 27.2 Å². The van der Waals surface area contributed by atoms with Crippen LogP contribution in [0.1, 0.15) is 48.5 Å². The number of carbonyl (C=O) groups excluding carboxylic acids is 1. The molecule has 5 N–H and O–H groups in total. The fraction of sp³-hybridized carbons (Fsp3) is 0.333. The van der Waals surface area contributed by atoms with E-state index in [2.05, 4.69) is 15.3 Å². The van der Waals surface area contributed by atoms with Gasteiger partial charge in [0.25, 0.3) is 11.5 Å². The number of rotatable bonds is 6. The minimum absolute atomic E-state index is 0.000575. The number of para-hydroxylation sites is 1. The van der Waals surface area contributed by atoms with E-state index in [1.807, 2.05) is 49.1 Å². The van der Waals surface area contributed by atoms with Crippen LogP contribution in [0.5, 0.6) is 0 Å². The molecule has 0 aliphatic carbocycles. The summed E-state index contributed by atoms with van der Waals surface area (Å²) in [6, 6.07) is 11.2. The van der Waals surface area contributed by atoms with E-state index in [0.29, 0.717) is 29.6 Å². The van der Waals surface area contributed by atoms with E-state index in [0.717, 1.165) is 25.1 Å². The number of anilines is 3. The molecule has 0 bridgehead atoms. The molecule has 1 saturated heterocycles. The number of benzene rings is 1. The summed E-state index contributed by atoms with van der Waals surface area (Å²) in [5.41, 5.74) is 13.8. The molecular weight excluding hydrogens is 418 g/mol. The molecule has 0 spiro atoms. The molecule has 1 aliphatic rings. The molecule has 0 radical (unpaired) electrons. The predicted molar refractivity (Wildman–Crippen MR) is 129 cm³/mol. The molecule has 9 heteroatoms. The molecule has 4 rings (SSSR count). The number of pyridine rings is 1. The Hall–Kier alpha value is -3.72. The van der Waals surface area contributed by atoms with Gasteiger partial charge in [-0.3, -0.25) is 14.2 Å². The number of amides is 1. The highest BCUT2D eigenvalue weighted by molar-refractivity contribution is 5.98. The van der Waals surface area contributed by atoms with Crippen LogP contribution >= 0.6 is 0 Å². The summed E-state index contributed by atoms with van der Waals surface area (Å²) in [6.45, 7) is 5.37. The summed E-state index contributed by atoms with van der Waals surface area (Å²) >= 11 is 0. The monoisotopic (exact) mass is 447 g/mol. The minimum atomic E-state index is -0.639. The number of carbonyl (C=O) groups is 1. The molecule has 2 aromatic heterocycles. The van der Waals surface area contributed by atoms with Crippen molar-refractivity contribution in [3.05, 3.63) is 70.3 Å². The van der Waals surface area contributed by atoms with Crippen molar-refractivity contribution in [1.29, 1.82) is 0 Å². The second-order valence-electron chi connectivity index (χ2n) is 8.62. The predicted octanol–water partition coefficient (Wildman–Crippen LogP) is 2.52. The lowest BCUT2D eigenvalue weighted by Crippen LogP contribution is -2.43. The highest BCUT2D eigenvalue weighted by Gasteiger charge is 2.22. The first-order chi connectivity index (χ1) is 15.8. The number of hydrogen-bond acceptors (Lipinski definition) is 7. The zero-order chi connectivity index (χ0) is 23.5. The van der Waals surface area contributed by atoms with Crippen LogP contribution in [0.15, 0.2) is 53.6 Å². The summed E-state index contributed by atoms with van der Waals surface area (Å²) < 4.78 is 1.59. The van der Waals surface area contributed by atoms with Gasteiger partial charge in [-0.15, -0.1) is 0 Å². The van der Waals surface area contributed by atoms with Gasteiger partial charge >= 0.3 is 0 Å². The van der Waals surface area contributed by atoms with E-state index in [1.165, 1.54) is 6.20 Å². The van der Waals surface area contributed by atoms with Gasteiger partial charge in [0.2, 0.25) is 5.95 Å². The fourth-order valence-electron chi connectivity index (χ4n) is 3.99. The second-order valence-corrected chi connectivity index (χ2v) is 8.62. The van der Waals surface area contributed by atoms with Gasteiger partial charge in [0.1, 0.15) is 11.4 Å². The van der Waals surface area contributed by atoms with Gasteiger partial charge in [-0.25, -0.2) is 4.98 Å². The maximum absolute atomic E-state index is 13.1. The lowest BCUT2D eigenvalue weighted by molar-refractivity contribution is 0.100. The Morgan fingerprint density at radius 1 is 1.24 bits per heavy atom. The average molecular weight is 448 g/mol. The number of piperidine rings is 1. The summed E-state index contributed by atoms with van der Waals surface area (Å²) in [5, 5.41) is 3.21. The van der Waals surface area contributed by atoms with Crippen molar-refractivity contribution in [3.63, 3.8) is 0 Å². The molecular formula is C24H29N7O2. The maximum atomic E-state index is 13.1. The van der Waals surface area contributed by atoms with Crippen LogP contribution in [0.25, 0.3) is 5.69 Å². The third-order valence-electron chi connectivity index (χ3n) is 5.75. The van der Waals surface area contributed by atoms with Crippen molar-refractivity contribution in [2.45, 2.75) is 38.6 Å². The molecule has 3 aromatic rings. The van der Waals surface area contributed by atoms with Crippen LogP contribution in [0, 0.1) is 0 Å². The quantitative estimate of drug-likeness (QED) is 0.529. The van der Waals surface area contributed by atoms with Crippen molar-refractivity contribution in [2.24, 2.45) is 11.5 Å². The third kappa shape index (κ3) is 4.88. The Kier molecular flexibility index (Phi) is 6.41. The molecule has 0 unspecified atom stereocenters. The summed E-state index contributed by atoms with van der Waals surface area (Å²) in [7, 11) is 0. The van der Waals surface area contributed by atoms with Gasteiger partial charge in [0.15, 0.2) is 0 Å². The first-order valence-electron chi connectivity index (χ1n) is 11.1. The van der Waals surface area contributed by atoms with Crippen LogP contribution in [-0.4, -0.2) is 39.6 Å². The fourth-order valence-corrected chi connectivity index (χ4v) is 3.99. The highest BCUT2D eigenvalue weighted by Crippen LogP contribution is 2.25. The van der Waals surface area contributed by atoms with Gasteiger partial charge in [-0.2, -0.15) is 4.98 Å². The lowest BCUT2D eigenvalue weighted by Gasteiger charge is -2.31. The van der Waals surface area contributed by atoms with Gasteiger partial charge in [0, 0.05) is 42.8 Å². The Morgan fingerprint density at radius 3 is 2.67 bits per heavy atom. The topological polar surface area (TPSA) is 132 Å². The molecule has 1 fully saturated rings. The van der Waals surface area contributed by atoms with E-state index in [4.69, 9.17) is 11.5 Å². The normalized spacial score (nSPS) is 16.1. The van der Waals surface area contributed by atoms with E-state index in [9.17, 15) is 9.59 Å². The van der Waals surface area contributed by atoms with Gasteiger partial charge < -0.3 is 21.7 Å². The Labute approximate surface area is 192 Å². The van der Waals surface area contributed by atoms with Crippen LogP contribution in [0.3, 0.4) is 0 Å². The zero-order valence-electron chi connectivity index (χ0n) is 18.9. The van der Waals surface area contributed by atoms with Crippen LogP contribution in [0.2, 0.25) is 0 Å². The van der Waals surface area contributed by atoms with Crippen molar-refractivity contribution >= 4 is 23.4 Å². The number of nitrogens with zero attached hydrogens (tertiary/aromatic N) is 4. The number of nitrogens with two attached hydrogens (primary N) is 2. The zero-order valence-corrected chi connectivity index (χ0v) is 18.9. The molecule has 1 atom stereocenters. The van der Waals surface area contributed by atoms with Crippen molar-refractivity contribution in [3.8, 4) is 5.69 Å². The van der Waals surface area contributed by atoms with E-state index >= 15 is 0 Å². The average Bonchev–Trinajstić information content (AvgIpc) is 2.80. The number of hydrogen-bond donors (Lipinski definition) is 3. The van der Waals surface area contributed by atoms with Crippen LogP contribution in [-0.2, 0) is 0 Å². The number of nitrogens with one attached hydrogen (secondary N) is 1. The molecule has 1 aromatic carbocycles. The van der Waals surface area contributed by atoms with Gasteiger partial charge in [-0.05, 0) is 37.0 Å². The first kappa shape index (κ1) is 22.5. The van der Waals surface area contributed by atoms with Crippen molar-refractivity contribution in [1.82, 2.24) is 14.5 Å². The number of primary amides is 1. The van der Waals surface area contributed by atoms with Gasteiger partial charge in [-0.1, -0.05) is 32.0 Å². The molecule has 33 heavy (non-hydrogen) atoms. The molecule has 9 nitrogen and oxygen atoms in total. The largest absolute Gasteiger partial charge is 0.365 e. The standard InChI is InChI=1S/C24H29N7O2/c1-15(2)19-11-17(14-31(23(19)33)18-8-4-3-5-9-18)28-22-20(21(26)32)12-27-24(29-22)30-10-6-7-16(25)13-30/h3-5,8-9,11-12,14-16H,6-7,10,13,25H2,1-2H3,(H2,26,32)(H,27,28,29)/t16-/m0/s1. The summed E-state index contributed by atoms with van der Waals surface area (Å²) in [4.78, 5) is 36.1. The second kappa shape index (κ2) is 9.41. The smallest absolute Gasteiger partial charge is 0.258 e. The number of aromatic nitrogens is 3. The Bertz CT molecular complexity index is 1210. The van der Waals surface area contributed by atoms with Gasteiger partial charge in [0.05, 0.1) is 5.69 Å². The highest BCUT2D eigenvalue weighted by atomic mass is 16.1. The summed E-state index contributed by atoms with van der Waals surface area (Å²) in [6.07, 6.45) is 5.04. The molecule has 1 amide bonds. The van der Waals surface area contributed by atoms with Crippen molar-refractivity contribution < 1.29 is 4.79 Å². The first-order valence-corrected chi connectivity index (χ1v) is 11.1. The SMILES string of the molecule is CC(C)c1cc(Nc2nc(N3CCC[C@H](N)C3)ncc2C(N)=O)cn(-c2ccccc2)c1=O. The Morgan fingerprint density at radius 2 is 2.00 bits per heavy atom. The Balaban J connectivity index is 1.77. The van der Waals surface area contributed by atoms with E-state index in [1.54, 1.807) is 16.8 Å². The molecule has 1 aliphatic heterocycles. The maximum Gasteiger partial charge on any atom is 0.258 e. The molecule has 172 valence electrons.